The van der Waals surface area contributed by atoms with Gasteiger partial charge in [0.25, 0.3) is 0 Å². The number of ether oxygens (including phenoxy) is 1. The Labute approximate surface area is 161 Å². The van der Waals surface area contributed by atoms with E-state index in [1.807, 2.05) is 35.2 Å². The first kappa shape index (κ1) is 19.7. The number of rotatable bonds is 8. The predicted octanol–water partition coefficient (Wildman–Crippen LogP) is 1.95. The van der Waals surface area contributed by atoms with Gasteiger partial charge >= 0.3 is 0 Å². The summed E-state index contributed by atoms with van der Waals surface area (Å²) in [5.74, 6) is 1.50. The van der Waals surface area contributed by atoms with Crippen LogP contribution in [-0.4, -0.2) is 55.5 Å². The van der Waals surface area contributed by atoms with Gasteiger partial charge in [0.2, 0.25) is 11.8 Å². The van der Waals surface area contributed by atoms with Gasteiger partial charge in [0.1, 0.15) is 5.75 Å². The van der Waals surface area contributed by atoms with E-state index in [1.165, 1.54) is 0 Å². The van der Waals surface area contributed by atoms with Crippen molar-refractivity contribution >= 4 is 11.8 Å². The molecule has 2 saturated heterocycles. The Hall–Kier alpha value is -2.08. The summed E-state index contributed by atoms with van der Waals surface area (Å²) in [5.41, 5.74) is 0. The van der Waals surface area contributed by atoms with Gasteiger partial charge in [0.15, 0.2) is 0 Å². The van der Waals surface area contributed by atoms with Crippen LogP contribution in [0, 0.1) is 5.92 Å². The molecule has 6 heteroatoms. The molecule has 0 aromatic heterocycles. The van der Waals surface area contributed by atoms with E-state index in [1.54, 1.807) is 0 Å². The molecule has 148 valence electrons. The average Bonchev–Trinajstić information content (AvgIpc) is 3.25. The lowest BCUT2D eigenvalue weighted by atomic mass is 9.97. The van der Waals surface area contributed by atoms with Gasteiger partial charge in [-0.3, -0.25) is 9.59 Å². The molecule has 2 aliphatic rings. The van der Waals surface area contributed by atoms with Crippen LogP contribution in [-0.2, 0) is 9.59 Å². The predicted molar refractivity (Wildman–Crippen MR) is 105 cm³/mol. The van der Waals surface area contributed by atoms with E-state index in [9.17, 15) is 9.59 Å². The molecule has 0 radical (unpaired) electrons. The molecule has 2 atom stereocenters. The van der Waals surface area contributed by atoms with E-state index in [4.69, 9.17) is 4.74 Å². The Bertz CT molecular complexity index is 602. The number of carbonyl (C=O) groups excluding carboxylic acids is 2. The molecule has 2 fully saturated rings. The molecule has 2 aliphatic heterocycles. The lowest BCUT2D eigenvalue weighted by molar-refractivity contribution is -0.133. The van der Waals surface area contributed by atoms with E-state index in [-0.39, 0.29) is 17.9 Å². The topological polar surface area (TPSA) is 70.7 Å². The van der Waals surface area contributed by atoms with Crippen LogP contribution in [0.15, 0.2) is 30.3 Å². The van der Waals surface area contributed by atoms with Gasteiger partial charge in [0.05, 0.1) is 12.6 Å². The van der Waals surface area contributed by atoms with Crippen molar-refractivity contribution < 1.29 is 14.3 Å². The second kappa shape index (κ2) is 10.3. The van der Waals surface area contributed by atoms with Crippen LogP contribution in [0.4, 0.5) is 0 Å². The van der Waals surface area contributed by atoms with E-state index >= 15 is 0 Å². The number of para-hydroxylation sites is 1. The van der Waals surface area contributed by atoms with Crippen molar-refractivity contribution in [3.63, 3.8) is 0 Å². The largest absolute Gasteiger partial charge is 0.494 e. The number of benzene rings is 1. The summed E-state index contributed by atoms with van der Waals surface area (Å²) in [5, 5.41) is 6.29. The minimum Gasteiger partial charge on any atom is -0.494 e. The normalized spacial score (nSPS) is 22.4. The number of hydrogen-bond donors (Lipinski definition) is 2. The zero-order valence-electron chi connectivity index (χ0n) is 16.0. The molecule has 0 saturated carbocycles. The maximum absolute atomic E-state index is 12.5. The second-order valence-electron chi connectivity index (χ2n) is 7.51. The molecular weight excluding hydrogens is 342 g/mol. The van der Waals surface area contributed by atoms with Gasteiger partial charge in [-0.25, -0.2) is 0 Å². The molecular formula is C21H31N3O3. The summed E-state index contributed by atoms with van der Waals surface area (Å²) in [6.45, 7) is 3.72. The van der Waals surface area contributed by atoms with Crippen LogP contribution in [0.2, 0.25) is 0 Å². The third-order valence-corrected chi connectivity index (χ3v) is 5.36. The minimum atomic E-state index is -0.0315. The van der Waals surface area contributed by atoms with Crippen LogP contribution in [0.3, 0.4) is 0 Å². The number of piperidine rings is 1. The van der Waals surface area contributed by atoms with Crippen molar-refractivity contribution in [1.29, 1.82) is 0 Å². The average molecular weight is 373 g/mol. The van der Waals surface area contributed by atoms with Gasteiger partial charge in [-0.2, -0.15) is 0 Å². The molecule has 2 N–H and O–H groups in total. The van der Waals surface area contributed by atoms with Crippen molar-refractivity contribution in [2.75, 3.05) is 32.8 Å². The monoisotopic (exact) mass is 373 g/mol. The Kier molecular flexibility index (Phi) is 7.51. The third kappa shape index (κ3) is 6.24. The number of nitrogens with one attached hydrogen (secondary N) is 2. The molecule has 1 aromatic carbocycles. The highest BCUT2D eigenvalue weighted by Crippen LogP contribution is 2.17. The van der Waals surface area contributed by atoms with Crippen LogP contribution < -0.4 is 15.4 Å². The van der Waals surface area contributed by atoms with Gasteiger partial charge < -0.3 is 20.3 Å². The van der Waals surface area contributed by atoms with Crippen molar-refractivity contribution in [2.45, 2.75) is 44.6 Å². The van der Waals surface area contributed by atoms with E-state index in [0.29, 0.717) is 25.5 Å². The molecule has 0 bridgehead atoms. The Morgan fingerprint density at radius 3 is 2.81 bits per heavy atom. The Balaban J connectivity index is 1.33. The SMILES string of the molecule is O=C(NCC1CCCN(C(=O)CCCOc2ccccc2)C1)C1CCCN1. The molecule has 27 heavy (non-hydrogen) atoms. The smallest absolute Gasteiger partial charge is 0.237 e. The zero-order valence-corrected chi connectivity index (χ0v) is 16.0. The summed E-state index contributed by atoms with van der Waals surface area (Å²) >= 11 is 0. The maximum Gasteiger partial charge on any atom is 0.237 e. The first-order valence-electron chi connectivity index (χ1n) is 10.2. The third-order valence-electron chi connectivity index (χ3n) is 5.36. The van der Waals surface area contributed by atoms with Gasteiger partial charge in [0, 0.05) is 26.1 Å². The molecule has 1 aromatic rings. The molecule has 2 heterocycles. The molecule has 3 rings (SSSR count). The van der Waals surface area contributed by atoms with Crippen molar-refractivity contribution in [1.82, 2.24) is 15.5 Å². The van der Waals surface area contributed by atoms with Crippen LogP contribution >= 0.6 is 0 Å². The first-order chi connectivity index (χ1) is 13.2. The number of carbonyl (C=O) groups is 2. The lowest BCUT2D eigenvalue weighted by Gasteiger charge is -2.33. The summed E-state index contributed by atoms with van der Waals surface area (Å²) < 4.78 is 5.65. The zero-order chi connectivity index (χ0) is 18.9. The van der Waals surface area contributed by atoms with Crippen molar-refractivity contribution in [3.05, 3.63) is 30.3 Å². The summed E-state index contributed by atoms with van der Waals surface area (Å²) in [6.07, 6.45) is 5.30. The van der Waals surface area contributed by atoms with Crippen LogP contribution in [0.5, 0.6) is 5.75 Å². The fraction of sp³-hybridized carbons (Fsp3) is 0.619. The fourth-order valence-electron chi connectivity index (χ4n) is 3.82. The summed E-state index contributed by atoms with van der Waals surface area (Å²) in [6, 6.07) is 9.65. The standard InChI is InChI=1S/C21H31N3O3/c25-20(11-6-14-27-18-8-2-1-3-9-18)24-13-5-7-17(16-24)15-23-21(26)19-10-4-12-22-19/h1-3,8-9,17,19,22H,4-7,10-16H2,(H,23,26). The first-order valence-corrected chi connectivity index (χ1v) is 10.2. The highest BCUT2D eigenvalue weighted by Gasteiger charge is 2.26. The highest BCUT2D eigenvalue weighted by molar-refractivity contribution is 5.82. The highest BCUT2D eigenvalue weighted by atomic mass is 16.5. The minimum absolute atomic E-state index is 0.0315. The van der Waals surface area contributed by atoms with E-state index in [2.05, 4.69) is 10.6 Å². The lowest BCUT2D eigenvalue weighted by Crippen LogP contribution is -2.46. The Morgan fingerprint density at radius 1 is 1.19 bits per heavy atom. The summed E-state index contributed by atoms with van der Waals surface area (Å²) in [4.78, 5) is 26.6. The van der Waals surface area contributed by atoms with E-state index in [0.717, 1.165) is 57.5 Å². The quantitative estimate of drug-likeness (QED) is 0.684. The Morgan fingerprint density at radius 2 is 2.04 bits per heavy atom. The van der Waals surface area contributed by atoms with Crippen molar-refractivity contribution in [2.24, 2.45) is 5.92 Å². The molecule has 2 amide bonds. The molecule has 6 nitrogen and oxygen atoms in total. The second-order valence-corrected chi connectivity index (χ2v) is 7.51. The van der Waals surface area contributed by atoms with Crippen molar-refractivity contribution in [3.8, 4) is 5.75 Å². The fourth-order valence-corrected chi connectivity index (χ4v) is 3.82. The number of amides is 2. The van der Waals surface area contributed by atoms with Crippen LogP contribution in [0.1, 0.15) is 38.5 Å². The molecule has 0 aliphatic carbocycles. The number of nitrogens with zero attached hydrogens (tertiary/aromatic N) is 1. The van der Waals surface area contributed by atoms with Crippen LogP contribution in [0.25, 0.3) is 0 Å². The molecule has 2 unspecified atom stereocenters. The number of likely N-dealkylation sites (tertiary alicyclic amines) is 1. The summed E-state index contributed by atoms with van der Waals surface area (Å²) in [7, 11) is 0. The van der Waals surface area contributed by atoms with Gasteiger partial charge in [-0.15, -0.1) is 0 Å². The number of hydrogen-bond acceptors (Lipinski definition) is 4. The molecule has 0 spiro atoms. The maximum atomic E-state index is 12.5. The van der Waals surface area contributed by atoms with Gasteiger partial charge in [-0.1, -0.05) is 18.2 Å². The van der Waals surface area contributed by atoms with E-state index < -0.39 is 0 Å². The van der Waals surface area contributed by atoms with Gasteiger partial charge in [-0.05, 0) is 56.7 Å².